The molecule has 1 aliphatic rings. The third kappa shape index (κ3) is 3.26. The maximum absolute atomic E-state index is 13.3. The molecule has 3 rings (SSSR count). The number of aryl methyl sites for hydroxylation is 2. The highest BCUT2D eigenvalue weighted by molar-refractivity contribution is 7.89. The number of nitrogens with zero attached hydrogens (tertiary/aromatic N) is 4. The van der Waals surface area contributed by atoms with Gasteiger partial charge in [0, 0.05) is 38.6 Å². The van der Waals surface area contributed by atoms with Crippen LogP contribution in [-0.2, 0) is 10.0 Å². The molecular weight excluding hydrogens is 336 g/mol. The van der Waals surface area contributed by atoms with E-state index in [0.717, 1.165) is 22.3 Å². The summed E-state index contributed by atoms with van der Waals surface area (Å²) < 4.78 is 28.1. The summed E-state index contributed by atoms with van der Waals surface area (Å²) in [6.45, 7) is 9.76. The van der Waals surface area contributed by atoms with E-state index < -0.39 is 10.0 Å². The Hall–Kier alpha value is -1.99. The van der Waals surface area contributed by atoms with Crippen LogP contribution < -0.4 is 4.90 Å². The Morgan fingerprint density at radius 2 is 1.40 bits per heavy atom. The molecule has 1 aliphatic heterocycles. The van der Waals surface area contributed by atoms with Gasteiger partial charge in [-0.15, -0.1) is 0 Å². The van der Waals surface area contributed by atoms with Gasteiger partial charge in [-0.2, -0.15) is 4.31 Å². The largest absolute Gasteiger partial charge is 0.338 e. The van der Waals surface area contributed by atoms with Gasteiger partial charge in [-0.05, 0) is 56.0 Å². The summed E-state index contributed by atoms with van der Waals surface area (Å²) >= 11 is 0. The number of hydrogen-bond donors (Lipinski definition) is 0. The standard InChI is InChI=1S/C18H24N4O2S/c1-13-12-14(2)16(4)17(15(13)3)25(23,24)22-10-8-21(9-11-22)18-19-6-5-7-20-18/h5-7,12H,8-11H2,1-4H3. The van der Waals surface area contributed by atoms with Gasteiger partial charge in [-0.1, -0.05) is 6.07 Å². The van der Waals surface area contributed by atoms with Crippen LogP contribution in [0.4, 0.5) is 5.95 Å². The Kier molecular flexibility index (Phi) is 4.79. The predicted molar refractivity (Wildman–Crippen MR) is 98.4 cm³/mol. The number of sulfonamides is 1. The van der Waals surface area contributed by atoms with Crippen LogP contribution in [0.25, 0.3) is 0 Å². The molecule has 2 aromatic rings. The van der Waals surface area contributed by atoms with E-state index in [9.17, 15) is 8.42 Å². The molecule has 0 amide bonds. The van der Waals surface area contributed by atoms with Gasteiger partial charge in [0.05, 0.1) is 4.90 Å². The molecule has 0 radical (unpaired) electrons. The topological polar surface area (TPSA) is 66.4 Å². The van der Waals surface area contributed by atoms with E-state index in [4.69, 9.17) is 0 Å². The molecule has 1 saturated heterocycles. The van der Waals surface area contributed by atoms with Crippen LogP contribution >= 0.6 is 0 Å². The predicted octanol–water partition coefficient (Wildman–Crippen LogP) is 2.22. The summed E-state index contributed by atoms with van der Waals surface area (Å²) in [4.78, 5) is 11.0. The van der Waals surface area contributed by atoms with Crippen LogP contribution in [0.3, 0.4) is 0 Å². The summed E-state index contributed by atoms with van der Waals surface area (Å²) in [5, 5.41) is 0. The zero-order valence-electron chi connectivity index (χ0n) is 15.2. The maximum atomic E-state index is 13.3. The van der Waals surface area contributed by atoms with E-state index in [1.807, 2.05) is 38.7 Å². The summed E-state index contributed by atoms with van der Waals surface area (Å²) in [7, 11) is -3.51. The minimum absolute atomic E-state index is 0.437. The molecule has 134 valence electrons. The highest BCUT2D eigenvalue weighted by Crippen LogP contribution is 2.29. The number of rotatable bonds is 3. The van der Waals surface area contributed by atoms with Crippen LogP contribution in [0, 0.1) is 27.7 Å². The molecule has 0 aliphatic carbocycles. The van der Waals surface area contributed by atoms with Crippen molar-refractivity contribution in [2.45, 2.75) is 32.6 Å². The smallest absolute Gasteiger partial charge is 0.243 e. The summed E-state index contributed by atoms with van der Waals surface area (Å²) in [5.74, 6) is 0.651. The first-order valence-electron chi connectivity index (χ1n) is 8.42. The van der Waals surface area contributed by atoms with E-state index in [2.05, 4.69) is 9.97 Å². The van der Waals surface area contributed by atoms with E-state index >= 15 is 0 Å². The van der Waals surface area contributed by atoms with Crippen molar-refractivity contribution in [2.24, 2.45) is 0 Å². The minimum Gasteiger partial charge on any atom is -0.338 e. The van der Waals surface area contributed by atoms with E-state index in [0.29, 0.717) is 37.0 Å². The summed E-state index contributed by atoms with van der Waals surface area (Å²) in [5.41, 5.74) is 3.71. The molecule has 7 heteroatoms. The Morgan fingerprint density at radius 3 is 1.92 bits per heavy atom. The average Bonchev–Trinajstić information content (AvgIpc) is 2.61. The fourth-order valence-corrected chi connectivity index (χ4v) is 5.28. The normalized spacial score (nSPS) is 16.2. The third-order valence-electron chi connectivity index (χ3n) is 4.97. The van der Waals surface area contributed by atoms with Crippen LogP contribution in [0.15, 0.2) is 29.4 Å². The van der Waals surface area contributed by atoms with Crippen molar-refractivity contribution < 1.29 is 8.42 Å². The monoisotopic (exact) mass is 360 g/mol. The van der Waals surface area contributed by atoms with Gasteiger partial charge >= 0.3 is 0 Å². The molecule has 0 bridgehead atoms. The van der Waals surface area contributed by atoms with Gasteiger partial charge in [0.15, 0.2) is 0 Å². The lowest BCUT2D eigenvalue weighted by molar-refractivity contribution is 0.382. The quantitative estimate of drug-likeness (QED) is 0.840. The van der Waals surface area contributed by atoms with Crippen LogP contribution in [0.1, 0.15) is 22.3 Å². The van der Waals surface area contributed by atoms with Crippen molar-refractivity contribution in [3.05, 3.63) is 46.8 Å². The van der Waals surface area contributed by atoms with Crippen molar-refractivity contribution in [3.63, 3.8) is 0 Å². The minimum atomic E-state index is -3.51. The molecular formula is C18H24N4O2S. The summed E-state index contributed by atoms with van der Waals surface area (Å²) in [6, 6.07) is 3.82. The molecule has 2 heterocycles. The lowest BCUT2D eigenvalue weighted by Gasteiger charge is -2.34. The van der Waals surface area contributed by atoms with E-state index in [-0.39, 0.29) is 0 Å². The lowest BCUT2D eigenvalue weighted by atomic mass is 10.0. The highest BCUT2D eigenvalue weighted by atomic mass is 32.2. The van der Waals surface area contributed by atoms with Crippen molar-refractivity contribution in [1.82, 2.24) is 14.3 Å². The van der Waals surface area contributed by atoms with Crippen molar-refractivity contribution >= 4 is 16.0 Å². The highest BCUT2D eigenvalue weighted by Gasteiger charge is 2.32. The number of benzene rings is 1. The second kappa shape index (κ2) is 6.72. The van der Waals surface area contributed by atoms with Crippen LogP contribution in [0.2, 0.25) is 0 Å². The maximum Gasteiger partial charge on any atom is 0.243 e. The Morgan fingerprint density at radius 1 is 0.880 bits per heavy atom. The fraction of sp³-hybridized carbons (Fsp3) is 0.444. The summed E-state index contributed by atoms with van der Waals surface area (Å²) in [6.07, 6.45) is 3.40. The van der Waals surface area contributed by atoms with Gasteiger partial charge in [0.1, 0.15) is 0 Å². The first-order valence-corrected chi connectivity index (χ1v) is 9.86. The van der Waals surface area contributed by atoms with Crippen molar-refractivity contribution in [3.8, 4) is 0 Å². The third-order valence-corrected chi connectivity index (χ3v) is 7.14. The second-order valence-corrected chi connectivity index (χ2v) is 8.40. The van der Waals surface area contributed by atoms with Crippen LogP contribution in [-0.4, -0.2) is 48.9 Å². The molecule has 0 spiro atoms. The van der Waals surface area contributed by atoms with Gasteiger partial charge < -0.3 is 4.90 Å². The molecule has 0 atom stereocenters. The molecule has 0 N–H and O–H groups in total. The number of piperazine rings is 1. The number of aromatic nitrogens is 2. The average molecular weight is 360 g/mol. The van der Waals surface area contributed by atoms with Gasteiger partial charge in [-0.3, -0.25) is 0 Å². The van der Waals surface area contributed by atoms with E-state index in [1.54, 1.807) is 22.8 Å². The lowest BCUT2D eigenvalue weighted by Crippen LogP contribution is -2.49. The molecule has 1 aromatic heterocycles. The Balaban J connectivity index is 1.86. The van der Waals surface area contributed by atoms with Gasteiger partial charge in [-0.25, -0.2) is 18.4 Å². The Labute approximate surface area is 149 Å². The molecule has 0 unspecified atom stereocenters. The SMILES string of the molecule is Cc1cc(C)c(C)c(S(=O)(=O)N2CCN(c3ncccn3)CC2)c1C. The molecule has 1 fully saturated rings. The second-order valence-electron chi connectivity index (χ2n) is 6.53. The zero-order chi connectivity index (χ0) is 18.2. The molecule has 1 aromatic carbocycles. The van der Waals surface area contributed by atoms with Crippen molar-refractivity contribution in [1.29, 1.82) is 0 Å². The molecule has 6 nitrogen and oxygen atoms in total. The first kappa shape index (κ1) is 17.8. The number of hydrogen-bond acceptors (Lipinski definition) is 5. The Bertz CT molecular complexity index is 847. The van der Waals surface area contributed by atoms with Crippen molar-refractivity contribution in [2.75, 3.05) is 31.1 Å². The fourth-order valence-electron chi connectivity index (χ4n) is 3.28. The first-order chi connectivity index (χ1) is 11.8. The van der Waals surface area contributed by atoms with Crippen LogP contribution in [0.5, 0.6) is 0 Å². The van der Waals surface area contributed by atoms with Gasteiger partial charge in [0.25, 0.3) is 0 Å². The van der Waals surface area contributed by atoms with E-state index in [1.165, 1.54) is 0 Å². The molecule has 25 heavy (non-hydrogen) atoms. The zero-order valence-corrected chi connectivity index (χ0v) is 16.0. The molecule has 0 saturated carbocycles. The van der Waals surface area contributed by atoms with Gasteiger partial charge in [0.2, 0.25) is 16.0 Å². The number of anilines is 1.